The zero-order valence-corrected chi connectivity index (χ0v) is 17.2. The van der Waals surface area contributed by atoms with Crippen molar-refractivity contribution in [2.24, 2.45) is 0 Å². The Balaban J connectivity index is 1.73. The molecule has 3 rings (SSSR count). The summed E-state index contributed by atoms with van der Waals surface area (Å²) < 4.78 is 5.54. The molecule has 0 aliphatic rings. The Morgan fingerprint density at radius 3 is 2.68 bits per heavy atom. The smallest absolute Gasteiger partial charge is 0.276 e. The van der Waals surface area contributed by atoms with Gasteiger partial charge in [0.25, 0.3) is 5.91 Å². The first-order valence-electron chi connectivity index (χ1n) is 8.81. The van der Waals surface area contributed by atoms with Crippen LogP contribution in [0.4, 0.5) is 5.69 Å². The van der Waals surface area contributed by atoms with Gasteiger partial charge in [-0.15, -0.1) is 0 Å². The van der Waals surface area contributed by atoms with Gasteiger partial charge in [-0.1, -0.05) is 65.3 Å². The zero-order chi connectivity index (χ0) is 19.9. The van der Waals surface area contributed by atoms with E-state index in [-0.39, 0.29) is 10.7 Å². The lowest BCUT2D eigenvalue weighted by Gasteiger charge is -2.11. The van der Waals surface area contributed by atoms with Crippen molar-refractivity contribution in [3.05, 3.63) is 76.6 Å². The number of nitrogens with one attached hydrogen (secondary N) is 1. The van der Waals surface area contributed by atoms with Gasteiger partial charge in [0.15, 0.2) is 10.9 Å². The second kappa shape index (κ2) is 9.57. The Labute approximate surface area is 173 Å². The number of thioether (sulfide) groups is 1. The lowest BCUT2D eigenvalue weighted by molar-refractivity contribution is 0.102. The number of rotatable bonds is 7. The molecule has 0 saturated heterocycles. The van der Waals surface area contributed by atoms with E-state index >= 15 is 0 Å². The van der Waals surface area contributed by atoms with Crippen LogP contribution >= 0.6 is 23.4 Å². The highest BCUT2D eigenvalue weighted by atomic mass is 35.5. The Morgan fingerprint density at radius 2 is 1.93 bits per heavy atom. The summed E-state index contributed by atoms with van der Waals surface area (Å²) in [6.45, 7) is 4.44. The Hall–Kier alpha value is -2.57. The summed E-state index contributed by atoms with van der Waals surface area (Å²) in [5.74, 6) is 0.894. The van der Waals surface area contributed by atoms with Crippen LogP contribution in [0, 0.1) is 6.92 Å². The van der Waals surface area contributed by atoms with E-state index in [4.69, 9.17) is 16.3 Å². The van der Waals surface area contributed by atoms with E-state index in [0.29, 0.717) is 29.0 Å². The van der Waals surface area contributed by atoms with Crippen LogP contribution in [0.3, 0.4) is 0 Å². The molecule has 0 unspecified atom stereocenters. The molecule has 0 fully saturated rings. The van der Waals surface area contributed by atoms with Gasteiger partial charge in [-0.3, -0.25) is 4.79 Å². The summed E-state index contributed by atoms with van der Waals surface area (Å²) >= 11 is 7.62. The van der Waals surface area contributed by atoms with Gasteiger partial charge >= 0.3 is 0 Å². The third-order valence-corrected chi connectivity index (χ3v) is 5.07. The molecule has 144 valence electrons. The normalized spacial score (nSPS) is 10.5. The molecule has 0 saturated carbocycles. The molecule has 28 heavy (non-hydrogen) atoms. The Bertz CT molecular complexity index is 964. The minimum atomic E-state index is -0.406. The predicted octanol–water partition coefficient (Wildman–Crippen LogP) is 5.38. The fraction of sp³-hybridized carbons (Fsp3) is 0.190. The van der Waals surface area contributed by atoms with Crippen molar-refractivity contribution < 1.29 is 9.53 Å². The number of anilines is 1. The van der Waals surface area contributed by atoms with E-state index in [0.717, 1.165) is 5.56 Å². The molecule has 7 heteroatoms. The molecule has 1 amide bonds. The molecule has 2 aromatic carbocycles. The average molecular weight is 414 g/mol. The molecule has 0 aliphatic heterocycles. The zero-order valence-electron chi connectivity index (χ0n) is 15.6. The SMILES string of the molecule is CCOc1ccccc1NC(=O)c1nc(SCc2ccc(C)cc2)ncc1Cl. The molecule has 0 radical (unpaired) electrons. The second-order valence-electron chi connectivity index (χ2n) is 6.01. The third kappa shape index (κ3) is 5.24. The fourth-order valence-electron chi connectivity index (χ4n) is 2.44. The van der Waals surface area contributed by atoms with Gasteiger partial charge in [0, 0.05) is 5.75 Å². The first-order valence-corrected chi connectivity index (χ1v) is 10.2. The number of halogens is 1. The van der Waals surface area contributed by atoms with Crippen molar-refractivity contribution in [1.82, 2.24) is 9.97 Å². The third-order valence-electron chi connectivity index (χ3n) is 3.86. The molecule has 0 atom stereocenters. The lowest BCUT2D eigenvalue weighted by atomic mass is 10.2. The number of ether oxygens (including phenoxy) is 1. The van der Waals surface area contributed by atoms with Crippen LogP contribution in [0.15, 0.2) is 59.9 Å². The van der Waals surface area contributed by atoms with Crippen molar-refractivity contribution in [1.29, 1.82) is 0 Å². The van der Waals surface area contributed by atoms with E-state index in [9.17, 15) is 4.79 Å². The maximum Gasteiger partial charge on any atom is 0.276 e. The highest BCUT2D eigenvalue weighted by molar-refractivity contribution is 7.98. The highest BCUT2D eigenvalue weighted by Crippen LogP contribution is 2.26. The second-order valence-corrected chi connectivity index (χ2v) is 7.36. The van der Waals surface area contributed by atoms with Gasteiger partial charge in [0.05, 0.1) is 23.5 Å². The molecular weight excluding hydrogens is 394 g/mol. The van der Waals surface area contributed by atoms with Crippen LogP contribution in [0.5, 0.6) is 5.75 Å². The minimum Gasteiger partial charge on any atom is -0.492 e. The molecule has 5 nitrogen and oxygen atoms in total. The number of amides is 1. The molecule has 1 aromatic heterocycles. The van der Waals surface area contributed by atoms with Gasteiger partial charge in [0.1, 0.15) is 5.75 Å². The molecule has 0 bridgehead atoms. The number of carbonyl (C=O) groups is 1. The molecule has 1 N–H and O–H groups in total. The Kier molecular flexibility index (Phi) is 6.90. The van der Waals surface area contributed by atoms with Gasteiger partial charge in [-0.25, -0.2) is 9.97 Å². The summed E-state index contributed by atoms with van der Waals surface area (Å²) in [4.78, 5) is 21.3. The number of aryl methyl sites for hydroxylation is 1. The number of benzene rings is 2. The van der Waals surface area contributed by atoms with E-state index < -0.39 is 5.91 Å². The molecule has 3 aromatic rings. The van der Waals surface area contributed by atoms with E-state index in [2.05, 4.69) is 39.6 Å². The number of aromatic nitrogens is 2. The Morgan fingerprint density at radius 1 is 1.18 bits per heavy atom. The van der Waals surface area contributed by atoms with Crippen LogP contribution in [-0.2, 0) is 5.75 Å². The van der Waals surface area contributed by atoms with E-state index in [1.165, 1.54) is 23.5 Å². The van der Waals surface area contributed by atoms with Crippen LogP contribution in [0.1, 0.15) is 28.5 Å². The van der Waals surface area contributed by atoms with Crippen LogP contribution < -0.4 is 10.1 Å². The maximum atomic E-state index is 12.7. The highest BCUT2D eigenvalue weighted by Gasteiger charge is 2.16. The number of carbonyl (C=O) groups excluding carboxylic acids is 1. The van der Waals surface area contributed by atoms with E-state index in [1.807, 2.05) is 26.0 Å². The topological polar surface area (TPSA) is 64.1 Å². The first-order chi connectivity index (χ1) is 13.6. The standard InChI is InChI=1S/C21H20ClN3O2S/c1-3-27-18-7-5-4-6-17(18)24-20(26)19-16(22)12-23-21(25-19)28-13-15-10-8-14(2)9-11-15/h4-12H,3,13H2,1-2H3,(H,24,26). The number of para-hydroxylation sites is 2. The number of nitrogens with zero attached hydrogens (tertiary/aromatic N) is 2. The predicted molar refractivity (Wildman–Crippen MR) is 113 cm³/mol. The van der Waals surface area contributed by atoms with Crippen molar-refractivity contribution >= 4 is 35.0 Å². The van der Waals surface area contributed by atoms with Crippen LogP contribution in [0.2, 0.25) is 5.02 Å². The monoisotopic (exact) mass is 413 g/mol. The van der Waals surface area contributed by atoms with Crippen molar-refractivity contribution in [2.75, 3.05) is 11.9 Å². The molecule has 0 spiro atoms. The van der Waals surface area contributed by atoms with Crippen LogP contribution in [-0.4, -0.2) is 22.5 Å². The number of hydrogen-bond donors (Lipinski definition) is 1. The van der Waals surface area contributed by atoms with E-state index in [1.54, 1.807) is 12.1 Å². The fourth-order valence-corrected chi connectivity index (χ4v) is 3.39. The first kappa shape index (κ1) is 20.2. The minimum absolute atomic E-state index is 0.134. The summed E-state index contributed by atoms with van der Waals surface area (Å²) in [7, 11) is 0. The summed E-state index contributed by atoms with van der Waals surface area (Å²) in [6.07, 6.45) is 1.45. The summed E-state index contributed by atoms with van der Waals surface area (Å²) in [6, 6.07) is 15.5. The van der Waals surface area contributed by atoms with Gasteiger partial charge < -0.3 is 10.1 Å². The largest absolute Gasteiger partial charge is 0.492 e. The summed E-state index contributed by atoms with van der Waals surface area (Å²) in [5.41, 5.74) is 3.07. The molecule has 0 aliphatic carbocycles. The molecule has 1 heterocycles. The maximum absolute atomic E-state index is 12.7. The average Bonchev–Trinajstić information content (AvgIpc) is 2.70. The van der Waals surface area contributed by atoms with Crippen molar-refractivity contribution in [3.63, 3.8) is 0 Å². The van der Waals surface area contributed by atoms with Gasteiger partial charge in [0.2, 0.25) is 0 Å². The number of hydrogen-bond acceptors (Lipinski definition) is 5. The van der Waals surface area contributed by atoms with Crippen molar-refractivity contribution in [3.8, 4) is 5.75 Å². The summed E-state index contributed by atoms with van der Waals surface area (Å²) in [5, 5.41) is 3.51. The molecular formula is C21H20ClN3O2S. The van der Waals surface area contributed by atoms with Crippen LogP contribution in [0.25, 0.3) is 0 Å². The lowest BCUT2D eigenvalue weighted by Crippen LogP contribution is -2.16. The quantitative estimate of drug-likeness (QED) is 0.416. The van der Waals surface area contributed by atoms with Gasteiger partial charge in [-0.2, -0.15) is 0 Å². The van der Waals surface area contributed by atoms with Gasteiger partial charge in [-0.05, 0) is 31.5 Å². The van der Waals surface area contributed by atoms with Crippen molar-refractivity contribution in [2.45, 2.75) is 24.8 Å².